The van der Waals surface area contributed by atoms with Crippen LogP contribution in [-0.4, -0.2) is 21.2 Å². The summed E-state index contributed by atoms with van der Waals surface area (Å²) in [5.74, 6) is -0.767. The molecule has 27 heavy (non-hydrogen) atoms. The van der Waals surface area contributed by atoms with Crippen LogP contribution in [0.2, 0.25) is 0 Å². The number of nitrogens with zero attached hydrogens (tertiary/aromatic N) is 2. The molecule has 0 aliphatic rings. The molecule has 0 radical (unpaired) electrons. The molecule has 2 aromatic carbocycles. The molecule has 0 saturated carbocycles. The van der Waals surface area contributed by atoms with Crippen LogP contribution in [-0.2, 0) is 4.79 Å². The van der Waals surface area contributed by atoms with Gasteiger partial charge in [-0.25, -0.2) is 9.37 Å². The van der Waals surface area contributed by atoms with Crippen LogP contribution >= 0.6 is 0 Å². The molecule has 1 atom stereocenters. The third-order valence-electron chi connectivity index (χ3n) is 4.32. The third-order valence-corrected chi connectivity index (χ3v) is 4.32. The number of halogens is 1. The molecule has 0 saturated heterocycles. The smallest absolute Gasteiger partial charge is 0.220 e. The van der Waals surface area contributed by atoms with Crippen molar-refractivity contribution in [2.45, 2.75) is 25.8 Å². The molecule has 0 spiro atoms. The van der Waals surface area contributed by atoms with Gasteiger partial charge in [0.2, 0.25) is 5.91 Å². The number of Topliss-reactive ketones (excluding diaryl/α,β-unsaturated/α-hetero) is 1. The van der Waals surface area contributed by atoms with Gasteiger partial charge in [0.25, 0.3) is 0 Å². The number of aromatic nitrogens is 2. The monoisotopic (exact) mass is 365 g/mol. The van der Waals surface area contributed by atoms with Gasteiger partial charge in [0.15, 0.2) is 5.78 Å². The van der Waals surface area contributed by atoms with Crippen molar-refractivity contribution in [3.63, 3.8) is 0 Å². The van der Waals surface area contributed by atoms with E-state index >= 15 is 0 Å². The van der Waals surface area contributed by atoms with E-state index in [1.807, 2.05) is 42.0 Å². The minimum Gasteiger partial charge on any atom is -0.350 e. The minimum atomic E-state index is -0.392. The summed E-state index contributed by atoms with van der Waals surface area (Å²) < 4.78 is 14.8. The lowest BCUT2D eigenvalue weighted by Crippen LogP contribution is -2.27. The van der Waals surface area contributed by atoms with Crippen molar-refractivity contribution in [2.75, 3.05) is 0 Å². The molecule has 3 rings (SSSR count). The highest BCUT2D eigenvalue weighted by Crippen LogP contribution is 2.16. The van der Waals surface area contributed by atoms with Gasteiger partial charge in [-0.05, 0) is 48.9 Å². The second-order valence-corrected chi connectivity index (χ2v) is 6.28. The Hall–Kier alpha value is -3.28. The molecule has 1 amide bonds. The summed E-state index contributed by atoms with van der Waals surface area (Å²) in [6.45, 7) is 1.89. The number of rotatable bonds is 7. The van der Waals surface area contributed by atoms with Crippen LogP contribution in [0, 0.1) is 5.82 Å². The quantitative estimate of drug-likeness (QED) is 0.647. The van der Waals surface area contributed by atoms with Crippen LogP contribution in [0.25, 0.3) is 5.69 Å². The Balaban J connectivity index is 1.51. The molecular formula is C21H20FN3O2. The first-order valence-electron chi connectivity index (χ1n) is 8.69. The summed E-state index contributed by atoms with van der Waals surface area (Å²) in [5, 5.41) is 2.90. The predicted molar refractivity (Wildman–Crippen MR) is 100 cm³/mol. The van der Waals surface area contributed by atoms with E-state index in [1.165, 1.54) is 24.3 Å². The lowest BCUT2D eigenvalue weighted by molar-refractivity contribution is -0.121. The van der Waals surface area contributed by atoms with E-state index < -0.39 is 5.82 Å². The van der Waals surface area contributed by atoms with E-state index in [1.54, 1.807) is 12.5 Å². The van der Waals surface area contributed by atoms with Crippen molar-refractivity contribution in [3.8, 4) is 5.69 Å². The summed E-state index contributed by atoms with van der Waals surface area (Å²) in [7, 11) is 0. The largest absolute Gasteiger partial charge is 0.350 e. The first kappa shape index (κ1) is 18.5. The number of benzene rings is 2. The SMILES string of the molecule is C[C@H](NC(=O)CCC(=O)c1ccc(F)cc1)c1ccc(-n2ccnc2)cc1. The number of nitrogens with one attached hydrogen (secondary N) is 1. The lowest BCUT2D eigenvalue weighted by Gasteiger charge is -2.15. The maximum Gasteiger partial charge on any atom is 0.220 e. The fraction of sp³-hybridized carbons (Fsp3) is 0.190. The molecule has 0 aliphatic heterocycles. The fourth-order valence-corrected chi connectivity index (χ4v) is 2.75. The molecule has 0 unspecified atom stereocenters. The van der Waals surface area contributed by atoms with Crippen molar-refractivity contribution < 1.29 is 14.0 Å². The highest BCUT2D eigenvalue weighted by molar-refractivity contribution is 5.97. The number of amides is 1. The topological polar surface area (TPSA) is 64.0 Å². The second kappa shape index (κ2) is 8.40. The second-order valence-electron chi connectivity index (χ2n) is 6.28. The Morgan fingerprint density at radius 1 is 1.07 bits per heavy atom. The number of carbonyl (C=O) groups is 2. The molecule has 3 aromatic rings. The summed E-state index contributed by atoms with van der Waals surface area (Å²) in [5.41, 5.74) is 2.36. The third kappa shape index (κ3) is 4.88. The minimum absolute atomic E-state index is 0.0871. The van der Waals surface area contributed by atoms with Gasteiger partial charge in [0.1, 0.15) is 5.82 Å². The summed E-state index contributed by atoms with van der Waals surface area (Å²) >= 11 is 0. The molecule has 5 nitrogen and oxygen atoms in total. The standard InChI is InChI=1S/C21H20FN3O2/c1-15(16-4-8-19(9-5-16)25-13-12-23-14-25)24-21(27)11-10-20(26)17-2-6-18(22)7-3-17/h2-9,12-15H,10-11H2,1H3,(H,24,27)/t15-/m0/s1. The van der Waals surface area contributed by atoms with Crippen LogP contribution in [0.1, 0.15) is 41.7 Å². The van der Waals surface area contributed by atoms with Crippen LogP contribution in [0.5, 0.6) is 0 Å². The average Bonchev–Trinajstić information content (AvgIpc) is 3.21. The highest BCUT2D eigenvalue weighted by Gasteiger charge is 2.13. The Kier molecular flexibility index (Phi) is 5.76. The molecule has 1 heterocycles. The van der Waals surface area contributed by atoms with Crippen molar-refractivity contribution in [1.82, 2.24) is 14.9 Å². The lowest BCUT2D eigenvalue weighted by atomic mass is 10.1. The van der Waals surface area contributed by atoms with Crippen LogP contribution in [0.15, 0.2) is 67.3 Å². The number of ketones is 1. The van der Waals surface area contributed by atoms with Crippen molar-refractivity contribution >= 4 is 11.7 Å². The molecule has 1 N–H and O–H groups in total. The fourth-order valence-electron chi connectivity index (χ4n) is 2.75. The first-order chi connectivity index (χ1) is 13.0. The van der Waals surface area contributed by atoms with Gasteiger partial charge in [-0.2, -0.15) is 0 Å². The molecular weight excluding hydrogens is 345 g/mol. The summed E-state index contributed by atoms with van der Waals surface area (Å²) in [6.07, 6.45) is 5.47. The maximum absolute atomic E-state index is 12.9. The number of carbonyl (C=O) groups excluding carboxylic acids is 2. The molecule has 6 heteroatoms. The normalized spacial score (nSPS) is 11.8. The maximum atomic E-state index is 12.9. The highest BCUT2D eigenvalue weighted by atomic mass is 19.1. The van der Waals surface area contributed by atoms with Crippen LogP contribution in [0.3, 0.4) is 0 Å². The van der Waals surface area contributed by atoms with E-state index in [0.29, 0.717) is 5.56 Å². The summed E-state index contributed by atoms with van der Waals surface area (Å²) in [4.78, 5) is 28.2. The van der Waals surface area contributed by atoms with Gasteiger partial charge >= 0.3 is 0 Å². The Morgan fingerprint density at radius 2 is 1.78 bits per heavy atom. The van der Waals surface area contributed by atoms with E-state index in [0.717, 1.165) is 11.3 Å². The number of hydrogen-bond donors (Lipinski definition) is 1. The molecule has 0 fully saturated rings. The first-order valence-corrected chi connectivity index (χ1v) is 8.69. The van der Waals surface area contributed by atoms with Gasteiger partial charge < -0.3 is 9.88 Å². The van der Waals surface area contributed by atoms with Gasteiger partial charge in [-0.1, -0.05) is 12.1 Å². The zero-order chi connectivity index (χ0) is 19.2. The van der Waals surface area contributed by atoms with E-state index in [-0.39, 0.29) is 30.6 Å². The molecule has 0 bridgehead atoms. The van der Waals surface area contributed by atoms with Gasteiger partial charge in [-0.3, -0.25) is 9.59 Å². The average molecular weight is 365 g/mol. The van der Waals surface area contributed by atoms with E-state index in [4.69, 9.17) is 0 Å². The van der Waals surface area contributed by atoms with Crippen molar-refractivity contribution in [3.05, 3.63) is 84.2 Å². The Morgan fingerprint density at radius 3 is 2.41 bits per heavy atom. The van der Waals surface area contributed by atoms with E-state index in [2.05, 4.69) is 10.3 Å². The van der Waals surface area contributed by atoms with Crippen LogP contribution < -0.4 is 5.32 Å². The van der Waals surface area contributed by atoms with Gasteiger partial charge in [0, 0.05) is 36.5 Å². The molecule has 138 valence electrons. The van der Waals surface area contributed by atoms with Gasteiger partial charge in [0.05, 0.1) is 12.4 Å². The number of hydrogen-bond acceptors (Lipinski definition) is 3. The molecule has 0 aliphatic carbocycles. The van der Waals surface area contributed by atoms with Crippen LogP contribution in [0.4, 0.5) is 4.39 Å². The summed E-state index contributed by atoms with van der Waals surface area (Å²) in [6, 6.07) is 13.0. The predicted octanol–water partition coefficient (Wildman–Crippen LogP) is 3.85. The Bertz CT molecular complexity index is 904. The van der Waals surface area contributed by atoms with Crippen molar-refractivity contribution in [1.29, 1.82) is 0 Å². The van der Waals surface area contributed by atoms with E-state index in [9.17, 15) is 14.0 Å². The molecule has 1 aromatic heterocycles. The zero-order valence-electron chi connectivity index (χ0n) is 14.9. The Labute approximate surface area is 156 Å². The number of imidazole rings is 1. The zero-order valence-corrected chi connectivity index (χ0v) is 14.9. The van der Waals surface area contributed by atoms with Gasteiger partial charge in [-0.15, -0.1) is 0 Å². The van der Waals surface area contributed by atoms with Crippen molar-refractivity contribution in [2.24, 2.45) is 0 Å².